The summed E-state index contributed by atoms with van der Waals surface area (Å²) in [5.74, 6) is 0.510. The van der Waals surface area contributed by atoms with E-state index in [0.29, 0.717) is 18.9 Å². The van der Waals surface area contributed by atoms with Crippen LogP contribution in [-0.2, 0) is 9.59 Å². The molecular formula is C15H24N2O2. The summed E-state index contributed by atoms with van der Waals surface area (Å²) in [6.45, 7) is 0.592. The first kappa shape index (κ1) is 13.1. The van der Waals surface area contributed by atoms with Gasteiger partial charge in [-0.1, -0.05) is 25.7 Å². The van der Waals surface area contributed by atoms with E-state index in [1.807, 2.05) is 0 Å². The highest BCUT2D eigenvalue weighted by Crippen LogP contribution is 2.48. The van der Waals surface area contributed by atoms with Crippen LogP contribution in [0.2, 0.25) is 0 Å². The van der Waals surface area contributed by atoms with E-state index >= 15 is 0 Å². The Labute approximate surface area is 114 Å². The third-order valence-corrected chi connectivity index (χ3v) is 5.49. The molecule has 1 heterocycles. The number of nitrogens with zero attached hydrogens (tertiary/aromatic N) is 1. The van der Waals surface area contributed by atoms with E-state index in [9.17, 15) is 9.59 Å². The molecule has 4 nitrogen and oxygen atoms in total. The van der Waals surface area contributed by atoms with Gasteiger partial charge in [-0.2, -0.15) is 0 Å². The zero-order valence-electron chi connectivity index (χ0n) is 11.6. The Balaban J connectivity index is 1.83. The summed E-state index contributed by atoms with van der Waals surface area (Å²) in [5, 5.41) is 0. The smallest absolute Gasteiger partial charge is 0.236 e. The van der Waals surface area contributed by atoms with Gasteiger partial charge in [0.15, 0.2) is 0 Å². The highest BCUT2D eigenvalue weighted by Gasteiger charge is 2.55. The first-order valence-electron chi connectivity index (χ1n) is 7.74. The van der Waals surface area contributed by atoms with Crippen molar-refractivity contribution in [2.45, 2.75) is 63.8 Å². The van der Waals surface area contributed by atoms with Crippen molar-refractivity contribution in [3.8, 4) is 0 Å². The summed E-state index contributed by atoms with van der Waals surface area (Å²) in [6.07, 6.45) is 8.78. The van der Waals surface area contributed by atoms with E-state index in [0.717, 1.165) is 44.9 Å². The SMILES string of the molecule is NCC1CCCCC1N1C(=O)CC2(CCCC2)C1=O. The normalized spacial score (nSPS) is 34.5. The van der Waals surface area contributed by atoms with Gasteiger partial charge in [-0.05, 0) is 38.1 Å². The first-order chi connectivity index (χ1) is 9.18. The molecule has 2 aliphatic carbocycles. The molecule has 19 heavy (non-hydrogen) atoms. The molecule has 2 unspecified atom stereocenters. The van der Waals surface area contributed by atoms with E-state index in [1.54, 1.807) is 4.90 Å². The standard InChI is InChI=1S/C15H24N2O2/c16-10-11-5-1-2-6-12(11)17-13(18)9-15(14(17)19)7-3-4-8-15/h11-12H,1-10,16H2. The van der Waals surface area contributed by atoms with Gasteiger partial charge in [-0.3, -0.25) is 14.5 Å². The average Bonchev–Trinajstić information content (AvgIpc) is 2.97. The Hall–Kier alpha value is -0.900. The molecule has 0 radical (unpaired) electrons. The lowest BCUT2D eigenvalue weighted by Crippen LogP contribution is -2.49. The Morgan fingerprint density at radius 3 is 2.47 bits per heavy atom. The van der Waals surface area contributed by atoms with Crippen molar-refractivity contribution in [1.29, 1.82) is 0 Å². The number of carbonyl (C=O) groups excluding carboxylic acids is 2. The van der Waals surface area contributed by atoms with Crippen LogP contribution in [0.25, 0.3) is 0 Å². The Morgan fingerprint density at radius 1 is 1.11 bits per heavy atom. The fraction of sp³-hybridized carbons (Fsp3) is 0.867. The van der Waals surface area contributed by atoms with Crippen molar-refractivity contribution in [2.75, 3.05) is 6.54 Å². The van der Waals surface area contributed by atoms with Gasteiger partial charge in [0.25, 0.3) is 0 Å². The van der Waals surface area contributed by atoms with Gasteiger partial charge in [0.05, 0.1) is 5.41 Å². The van der Waals surface area contributed by atoms with Crippen LogP contribution in [0.3, 0.4) is 0 Å². The number of amides is 2. The minimum absolute atomic E-state index is 0.0669. The number of likely N-dealkylation sites (tertiary alicyclic amines) is 1. The fourth-order valence-corrected chi connectivity index (χ4v) is 4.40. The second kappa shape index (κ2) is 4.89. The van der Waals surface area contributed by atoms with Crippen molar-refractivity contribution < 1.29 is 9.59 Å². The zero-order chi connectivity index (χ0) is 13.5. The van der Waals surface area contributed by atoms with Crippen LogP contribution in [0.1, 0.15) is 57.8 Å². The molecule has 1 aliphatic heterocycles. The summed E-state index contributed by atoms with van der Waals surface area (Å²) in [7, 11) is 0. The number of nitrogens with two attached hydrogens (primary N) is 1. The maximum Gasteiger partial charge on any atom is 0.236 e. The second-order valence-corrected chi connectivity index (χ2v) is 6.58. The summed E-state index contributed by atoms with van der Waals surface area (Å²) >= 11 is 0. The van der Waals surface area contributed by atoms with Gasteiger partial charge in [0.2, 0.25) is 11.8 Å². The fourth-order valence-electron chi connectivity index (χ4n) is 4.40. The van der Waals surface area contributed by atoms with Crippen LogP contribution in [0.5, 0.6) is 0 Å². The van der Waals surface area contributed by atoms with Crippen molar-refractivity contribution in [3.05, 3.63) is 0 Å². The van der Waals surface area contributed by atoms with Crippen LogP contribution in [0.4, 0.5) is 0 Å². The van der Waals surface area contributed by atoms with Crippen molar-refractivity contribution in [3.63, 3.8) is 0 Å². The van der Waals surface area contributed by atoms with Gasteiger partial charge in [-0.25, -0.2) is 0 Å². The minimum Gasteiger partial charge on any atom is -0.330 e. The summed E-state index contributed by atoms with van der Waals surface area (Å²) in [4.78, 5) is 26.8. The lowest BCUT2D eigenvalue weighted by Gasteiger charge is -2.37. The van der Waals surface area contributed by atoms with Gasteiger partial charge < -0.3 is 5.73 Å². The molecule has 2 amide bonds. The van der Waals surface area contributed by atoms with Crippen LogP contribution in [-0.4, -0.2) is 29.3 Å². The van der Waals surface area contributed by atoms with Gasteiger partial charge in [0, 0.05) is 12.5 Å². The van der Waals surface area contributed by atoms with Crippen molar-refractivity contribution in [2.24, 2.45) is 17.1 Å². The van der Waals surface area contributed by atoms with Crippen LogP contribution in [0.15, 0.2) is 0 Å². The predicted molar refractivity (Wildman–Crippen MR) is 72.2 cm³/mol. The molecule has 3 aliphatic rings. The molecule has 2 N–H and O–H groups in total. The van der Waals surface area contributed by atoms with Crippen molar-refractivity contribution in [1.82, 2.24) is 4.90 Å². The molecule has 1 spiro atoms. The molecule has 0 aromatic rings. The molecule has 2 saturated carbocycles. The highest BCUT2D eigenvalue weighted by atomic mass is 16.2. The van der Waals surface area contributed by atoms with Gasteiger partial charge in [0.1, 0.15) is 0 Å². The van der Waals surface area contributed by atoms with E-state index in [4.69, 9.17) is 5.73 Å². The molecule has 0 aromatic carbocycles. The number of hydrogen-bond donors (Lipinski definition) is 1. The highest BCUT2D eigenvalue weighted by molar-refractivity contribution is 6.06. The van der Waals surface area contributed by atoms with E-state index in [2.05, 4.69) is 0 Å². The molecule has 3 fully saturated rings. The van der Waals surface area contributed by atoms with Crippen LogP contribution >= 0.6 is 0 Å². The zero-order valence-corrected chi connectivity index (χ0v) is 11.6. The third-order valence-electron chi connectivity index (χ3n) is 5.49. The molecule has 3 rings (SSSR count). The number of imide groups is 1. The van der Waals surface area contributed by atoms with E-state index in [1.165, 1.54) is 6.42 Å². The lowest BCUT2D eigenvalue weighted by atomic mass is 9.82. The summed E-state index contributed by atoms with van der Waals surface area (Å²) < 4.78 is 0. The quantitative estimate of drug-likeness (QED) is 0.774. The summed E-state index contributed by atoms with van der Waals surface area (Å²) in [5.41, 5.74) is 5.52. The molecular weight excluding hydrogens is 240 g/mol. The Morgan fingerprint density at radius 2 is 1.79 bits per heavy atom. The maximum absolute atomic E-state index is 12.8. The molecule has 4 heteroatoms. The lowest BCUT2D eigenvalue weighted by molar-refractivity contribution is -0.146. The number of hydrogen-bond acceptors (Lipinski definition) is 3. The van der Waals surface area contributed by atoms with Crippen LogP contribution < -0.4 is 5.73 Å². The first-order valence-corrected chi connectivity index (χ1v) is 7.74. The average molecular weight is 264 g/mol. The van der Waals surface area contributed by atoms with E-state index in [-0.39, 0.29) is 23.3 Å². The third kappa shape index (κ3) is 2.00. The monoisotopic (exact) mass is 264 g/mol. The predicted octanol–water partition coefficient (Wildman–Crippen LogP) is 1.82. The van der Waals surface area contributed by atoms with Crippen LogP contribution in [0, 0.1) is 11.3 Å². The summed E-state index contributed by atoms with van der Waals surface area (Å²) in [6, 6.07) is 0.0822. The molecule has 1 saturated heterocycles. The molecule has 0 aromatic heterocycles. The van der Waals surface area contributed by atoms with Gasteiger partial charge >= 0.3 is 0 Å². The Kier molecular flexibility index (Phi) is 3.37. The van der Waals surface area contributed by atoms with E-state index < -0.39 is 0 Å². The molecule has 2 atom stereocenters. The Bertz CT molecular complexity index is 388. The van der Waals surface area contributed by atoms with Crippen molar-refractivity contribution >= 4 is 11.8 Å². The second-order valence-electron chi connectivity index (χ2n) is 6.58. The topological polar surface area (TPSA) is 63.4 Å². The largest absolute Gasteiger partial charge is 0.330 e. The minimum atomic E-state index is -0.326. The number of rotatable bonds is 2. The maximum atomic E-state index is 12.8. The van der Waals surface area contributed by atoms with Gasteiger partial charge in [-0.15, -0.1) is 0 Å². The molecule has 106 valence electrons. The number of carbonyl (C=O) groups is 2. The molecule has 0 bridgehead atoms.